The molecule has 4 aliphatic rings. The predicted molar refractivity (Wildman–Crippen MR) is 222 cm³/mol. The molecule has 15 heteroatoms. The Morgan fingerprint density at radius 1 is 0.717 bits per heavy atom. The summed E-state index contributed by atoms with van der Waals surface area (Å²) in [5, 5.41) is 16.1. The first-order valence-corrected chi connectivity index (χ1v) is 20.3. The average Bonchev–Trinajstić information content (AvgIpc) is 3.52. The van der Waals surface area contributed by atoms with Gasteiger partial charge in [-0.3, -0.25) is 39.1 Å². The summed E-state index contributed by atoms with van der Waals surface area (Å²) in [6.45, 7) is 6.50. The van der Waals surface area contributed by atoms with E-state index >= 15 is 0 Å². The van der Waals surface area contributed by atoms with Gasteiger partial charge in [0.05, 0.1) is 53.1 Å². The second kappa shape index (κ2) is 16.3. The smallest absolute Gasteiger partial charge is 0.267 e. The average molecular weight is 803 g/mol. The van der Waals surface area contributed by atoms with Crippen molar-refractivity contribution in [3.05, 3.63) is 124 Å². The molecule has 2 aromatic heterocycles. The lowest BCUT2D eigenvalue weighted by Gasteiger charge is -2.40. The molecular weight excluding hydrogens is 761 g/mol. The van der Waals surface area contributed by atoms with E-state index in [0.717, 1.165) is 91.6 Å². The molecule has 1 atom stereocenters. The minimum absolute atomic E-state index is 0.0890. The molecule has 4 amide bonds. The molecule has 0 unspecified atom stereocenters. The summed E-state index contributed by atoms with van der Waals surface area (Å²) in [6.07, 6.45) is 6.11. The SMILES string of the molecule is N#Cc1cccc(-c2ccc(=O)n(Cc3cccc(-c4ncc(N5CCC(CN6CCN(c7ccc8c(c7)C(=O)N([C@H]7CCC(=O)NC7=O)C8=O)CC6)CC5)cn4)c3)n2)c1. The Balaban J connectivity index is 0.758. The molecule has 0 bridgehead atoms. The zero-order valence-corrected chi connectivity index (χ0v) is 32.9. The Kier molecular flexibility index (Phi) is 10.5. The Bertz CT molecular complexity index is 2600. The fraction of sp³-hybridized carbons (Fsp3) is 0.311. The van der Waals surface area contributed by atoms with Crippen LogP contribution >= 0.6 is 0 Å². The molecule has 302 valence electrons. The highest BCUT2D eigenvalue weighted by Gasteiger charge is 2.45. The van der Waals surface area contributed by atoms with Crippen LogP contribution in [0.5, 0.6) is 0 Å². The molecule has 5 aromatic rings. The summed E-state index contributed by atoms with van der Waals surface area (Å²) in [5.74, 6) is -0.809. The first kappa shape index (κ1) is 38.5. The predicted octanol–water partition coefficient (Wildman–Crippen LogP) is 3.73. The van der Waals surface area contributed by atoms with Crippen LogP contribution in [0, 0.1) is 17.2 Å². The molecule has 1 N–H and O–H groups in total. The summed E-state index contributed by atoms with van der Waals surface area (Å²) < 4.78 is 1.42. The van der Waals surface area contributed by atoms with Crippen molar-refractivity contribution >= 4 is 35.0 Å². The Morgan fingerprint density at radius 3 is 2.22 bits per heavy atom. The van der Waals surface area contributed by atoms with Crippen LogP contribution in [0.4, 0.5) is 11.4 Å². The van der Waals surface area contributed by atoms with Crippen molar-refractivity contribution < 1.29 is 19.2 Å². The Morgan fingerprint density at radius 2 is 1.45 bits per heavy atom. The number of aromatic nitrogens is 4. The van der Waals surface area contributed by atoms with Gasteiger partial charge in [0.25, 0.3) is 17.4 Å². The molecular formula is C45H42N10O5. The van der Waals surface area contributed by atoms with Crippen LogP contribution in [-0.2, 0) is 16.1 Å². The molecule has 0 radical (unpaired) electrons. The van der Waals surface area contributed by atoms with Gasteiger partial charge < -0.3 is 9.80 Å². The molecule has 6 heterocycles. The maximum atomic E-state index is 13.3. The highest BCUT2D eigenvalue weighted by Crippen LogP contribution is 2.32. The number of amides is 4. The maximum Gasteiger partial charge on any atom is 0.267 e. The third-order valence-electron chi connectivity index (χ3n) is 12.0. The quantitative estimate of drug-likeness (QED) is 0.214. The molecule has 4 aliphatic heterocycles. The number of anilines is 2. The van der Waals surface area contributed by atoms with Gasteiger partial charge in [-0.25, -0.2) is 14.6 Å². The van der Waals surface area contributed by atoms with Crippen LogP contribution in [0.25, 0.3) is 22.6 Å². The van der Waals surface area contributed by atoms with Gasteiger partial charge in [0, 0.05) is 75.1 Å². The van der Waals surface area contributed by atoms with Gasteiger partial charge in [-0.2, -0.15) is 10.4 Å². The fourth-order valence-electron chi connectivity index (χ4n) is 8.66. The number of imide groups is 2. The van der Waals surface area contributed by atoms with Crippen molar-refractivity contribution in [2.45, 2.75) is 38.3 Å². The van der Waals surface area contributed by atoms with E-state index in [0.29, 0.717) is 34.1 Å². The number of nitrogens with zero attached hydrogens (tertiary/aromatic N) is 9. The number of fused-ring (bicyclic) bond motifs is 1. The summed E-state index contributed by atoms with van der Waals surface area (Å²) in [7, 11) is 0. The van der Waals surface area contributed by atoms with Gasteiger partial charge >= 0.3 is 0 Å². The number of hydrogen-bond acceptors (Lipinski definition) is 12. The lowest BCUT2D eigenvalue weighted by Crippen LogP contribution is -2.54. The molecule has 3 fully saturated rings. The maximum absolute atomic E-state index is 13.3. The molecule has 0 spiro atoms. The summed E-state index contributed by atoms with van der Waals surface area (Å²) in [4.78, 5) is 80.8. The molecule has 0 aliphatic carbocycles. The van der Waals surface area contributed by atoms with Gasteiger partial charge in [0.1, 0.15) is 6.04 Å². The van der Waals surface area contributed by atoms with Gasteiger partial charge in [-0.05, 0) is 73.2 Å². The molecule has 3 aromatic carbocycles. The van der Waals surface area contributed by atoms with Gasteiger partial charge in [0.2, 0.25) is 11.8 Å². The lowest BCUT2D eigenvalue weighted by molar-refractivity contribution is -0.136. The molecule has 0 saturated carbocycles. The van der Waals surface area contributed by atoms with E-state index in [9.17, 15) is 29.2 Å². The highest BCUT2D eigenvalue weighted by atomic mass is 16.2. The van der Waals surface area contributed by atoms with Crippen LogP contribution in [0.2, 0.25) is 0 Å². The van der Waals surface area contributed by atoms with Crippen LogP contribution in [0.1, 0.15) is 57.5 Å². The number of piperazine rings is 1. The van der Waals surface area contributed by atoms with Crippen molar-refractivity contribution in [1.82, 2.24) is 34.9 Å². The second-order valence-electron chi connectivity index (χ2n) is 15.8. The zero-order chi connectivity index (χ0) is 41.3. The monoisotopic (exact) mass is 802 g/mol. The van der Waals surface area contributed by atoms with Crippen molar-refractivity contribution in [3.8, 4) is 28.7 Å². The van der Waals surface area contributed by atoms with Gasteiger partial charge in [-0.1, -0.05) is 30.3 Å². The number of carbonyl (C=O) groups is 4. The second-order valence-corrected chi connectivity index (χ2v) is 15.8. The molecule has 15 nitrogen and oxygen atoms in total. The van der Waals surface area contributed by atoms with E-state index < -0.39 is 29.7 Å². The van der Waals surface area contributed by atoms with Gasteiger partial charge in [-0.15, -0.1) is 0 Å². The van der Waals surface area contributed by atoms with Crippen molar-refractivity contribution in [2.75, 3.05) is 55.6 Å². The number of carbonyl (C=O) groups excluding carboxylic acids is 4. The number of nitrogens with one attached hydrogen (secondary N) is 1. The topological polar surface area (TPSA) is 178 Å². The summed E-state index contributed by atoms with van der Waals surface area (Å²) in [5.41, 5.74) is 5.89. The normalized spacial score (nSPS) is 18.7. The Labute approximate surface area is 345 Å². The number of benzene rings is 3. The minimum Gasteiger partial charge on any atom is -0.369 e. The van der Waals surface area contributed by atoms with E-state index in [1.54, 1.807) is 36.4 Å². The van der Waals surface area contributed by atoms with Crippen LogP contribution in [0.15, 0.2) is 96.1 Å². The third-order valence-corrected chi connectivity index (χ3v) is 12.0. The molecule has 9 rings (SSSR count). The first-order chi connectivity index (χ1) is 29.2. The van der Waals surface area contributed by atoms with Crippen LogP contribution < -0.4 is 20.7 Å². The van der Waals surface area contributed by atoms with E-state index in [4.69, 9.17) is 9.97 Å². The van der Waals surface area contributed by atoms with Crippen LogP contribution in [0.3, 0.4) is 0 Å². The number of nitriles is 1. The van der Waals surface area contributed by atoms with Crippen molar-refractivity contribution in [1.29, 1.82) is 5.26 Å². The zero-order valence-electron chi connectivity index (χ0n) is 32.9. The standard InChI is InChI=1S/C45H42N10O5/c46-24-30-3-1-5-32(21-30)38-9-12-41(57)54(50-38)28-31-4-2-6-33(22-31)42-47-25-35(26-48-42)52-15-13-29(14-16-52)27-51-17-19-53(20-18-51)34-7-8-36-37(23-34)45(60)55(44(36)59)39-10-11-40(56)49-43(39)58/h1-9,12,21-23,25-26,29,39H,10-11,13-20,27-28H2,(H,49,56,58)/t39-/m0/s1. The van der Waals surface area contributed by atoms with E-state index in [2.05, 4.69) is 31.2 Å². The van der Waals surface area contributed by atoms with Crippen LogP contribution in [-0.4, -0.2) is 105 Å². The molecule has 60 heavy (non-hydrogen) atoms. The fourth-order valence-corrected chi connectivity index (χ4v) is 8.66. The van der Waals surface area contributed by atoms with E-state index in [1.807, 2.05) is 48.8 Å². The summed E-state index contributed by atoms with van der Waals surface area (Å²) in [6, 6.07) is 24.6. The number of hydrogen-bond donors (Lipinski definition) is 1. The van der Waals surface area contributed by atoms with Crippen molar-refractivity contribution in [2.24, 2.45) is 5.92 Å². The Hall–Kier alpha value is -7.05. The first-order valence-electron chi connectivity index (χ1n) is 20.3. The van der Waals surface area contributed by atoms with Crippen molar-refractivity contribution in [3.63, 3.8) is 0 Å². The highest BCUT2D eigenvalue weighted by molar-refractivity contribution is 6.23. The van der Waals surface area contributed by atoms with E-state index in [-0.39, 0.29) is 24.9 Å². The van der Waals surface area contributed by atoms with E-state index in [1.165, 1.54) is 10.7 Å². The number of rotatable bonds is 9. The largest absolute Gasteiger partial charge is 0.369 e. The lowest BCUT2D eigenvalue weighted by atomic mass is 9.95. The number of piperidine rings is 2. The third kappa shape index (κ3) is 7.76. The van der Waals surface area contributed by atoms with Gasteiger partial charge in [0.15, 0.2) is 5.82 Å². The minimum atomic E-state index is -0.976. The molecule has 3 saturated heterocycles. The summed E-state index contributed by atoms with van der Waals surface area (Å²) >= 11 is 0.